The summed E-state index contributed by atoms with van der Waals surface area (Å²) in [6, 6.07) is -0.435. The predicted molar refractivity (Wildman–Crippen MR) is 65.0 cm³/mol. The van der Waals surface area contributed by atoms with Gasteiger partial charge >= 0.3 is 5.97 Å². The maximum absolute atomic E-state index is 11.4. The molecule has 0 aliphatic carbocycles. The highest BCUT2D eigenvalue weighted by Gasteiger charge is 2.34. The third-order valence-electron chi connectivity index (χ3n) is 3.63. The second-order valence-electron chi connectivity index (χ2n) is 4.68. The van der Waals surface area contributed by atoms with E-state index in [2.05, 4.69) is 11.9 Å². The summed E-state index contributed by atoms with van der Waals surface area (Å²) in [5, 5.41) is 9.33. The summed E-state index contributed by atoms with van der Waals surface area (Å²) < 4.78 is 1.88. The van der Waals surface area contributed by atoms with E-state index in [0.29, 0.717) is 5.92 Å². The van der Waals surface area contributed by atoms with E-state index in [-0.39, 0.29) is 0 Å². The molecule has 94 valence electrons. The van der Waals surface area contributed by atoms with Crippen molar-refractivity contribution in [1.29, 1.82) is 0 Å². The van der Waals surface area contributed by atoms with Crippen LogP contribution in [0, 0.1) is 5.92 Å². The van der Waals surface area contributed by atoms with Gasteiger partial charge in [0.05, 0.1) is 0 Å². The Hall–Kier alpha value is -1.52. The van der Waals surface area contributed by atoms with Crippen LogP contribution in [0.1, 0.15) is 26.2 Å². The van der Waals surface area contributed by atoms with Crippen LogP contribution in [0.3, 0.4) is 0 Å². The zero-order valence-corrected chi connectivity index (χ0v) is 10.3. The van der Waals surface area contributed by atoms with E-state index in [1.165, 1.54) is 0 Å². The first-order valence-electron chi connectivity index (χ1n) is 6.10. The van der Waals surface area contributed by atoms with E-state index in [1.807, 2.05) is 22.7 Å². The van der Waals surface area contributed by atoms with Gasteiger partial charge in [-0.25, -0.2) is 9.78 Å². The molecule has 1 aliphatic heterocycles. The van der Waals surface area contributed by atoms with Crippen molar-refractivity contribution in [1.82, 2.24) is 9.55 Å². The molecule has 0 aromatic carbocycles. The average molecular weight is 237 g/mol. The normalized spacial score (nSPS) is 24.9. The number of piperidine rings is 1. The van der Waals surface area contributed by atoms with Gasteiger partial charge in [-0.1, -0.05) is 13.3 Å². The average Bonchev–Trinajstić information content (AvgIpc) is 2.74. The molecule has 5 heteroatoms. The minimum atomic E-state index is -0.744. The lowest BCUT2D eigenvalue weighted by atomic mass is 9.89. The lowest BCUT2D eigenvalue weighted by molar-refractivity contribution is -0.139. The second kappa shape index (κ2) is 4.77. The summed E-state index contributed by atoms with van der Waals surface area (Å²) in [5.74, 6) is 0.533. The highest BCUT2D eigenvalue weighted by atomic mass is 16.4. The van der Waals surface area contributed by atoms with Crippen LogP contribution in [0.2, 0.25) is 0 Å². The Balaban J connectivity index is 2.22. The first kappa shape index (κ1) is 12.0. The standard InChI is InChI=1S/C12H19N3O2/c1-3-9-4-6-15(10(8-9)11(16)17)12-13-5-7-14(12)2/h5,7,9-10H,3-4,6,8H2,1-2H3,(H,16,17). The molecule has 1 N–H and O–H groups in total. The quantitative estimate of drug-likeness (QED) is 0.865. The Morgan fingerprint density at radius 2 is 2.41 bits per heavy atom. The van der Waals surface area contributed by atoms with Crippen LogP contribution < -0.4 is 4.90 Å². The van der Waals surface area contributed by atoms with Crippen LogP contribution in [0.15, 0.2) is 12.4 Å². The number of aromatic nitrogens is 2. The molecular weight excluding hydrogens is 218 g/mol. The molecule has 5 nitrogen and oxygen atoms in total. The van der Waals surface area contributed by atoms with Crippen molar-refractivity contribution >= 4 is 11.9 Å². The van der Waals surface area contributed by atoms with Gasteiger partial charge in [0.1, 0.15) is 6.04 Å². The lowest BCUT2D eigenvalue weighted by Crippen LogP contribution is -2.48. The predicted octanol–water partition coefficient (Wildman–Crippen LogP) is 1.50. The number of carboxylic acid groups (broad SMARTS) is 1. The number of rotatable bonds is 3. The molecular formula is C12H19N3O2. The van der Waals surface area contributed by atoms with Gasteiger partial charge < -0.3 is 14.6 Å². The lowest BCUT2D eigenvalue weighted by Gasteiger charge is -2.37. The molecule has 2 heterocycles. The number of nitrogens with zero attached hydrogens (tertiary/aromatic N) is 3. The van der Waals surface area contributed by atoms with Crippen molar-refractivity contribution in [3.63, 3.8) is 0 Å². The number of carbonyl (C=O) groups is 1. The van der Waals surface area contributed by atoms with E-state index in [1.54, 1.807) is 6.20 Å². The molecule has 1 aliphatic rings. The van der Waals surface area contributed by atoms with Crippen molar-refractivity contribution in [3.05, 3.63) is 12.4 Å². The summed E-state index contributed by atoms with van der Waals surface area (Å²) >= 11 is 0. The van der Waals surface area contributed by atoms with Crippen LogP contribution in [0.5, 0.6) is 0 Å². The zero-order valence-electron chi connectivity index (χ0n) is 10.3. The molecule has 1 fully saturated rings. The molecule has 1 aromatic heterocycles. The number of imidazole rings is 1. The maximum Gasteiger partial charge on any atom is 0.326 e. The van der Waals surface area contributed by atoms with E-state index in [9.17, 15) is 9.90 Å². The van der Waals surface area contributed by atoms with E-state index in [4.69, 9.17) is 0 Å². The first-order chi connectivity index (χ1) is 8.13. The van der Waals surface area contributed by atoms with Gasteiger partial charge in [0.2, 0.25) is 5.95 Å². The molecule has 0 saturated carbocycles. The van der Waals surface area contributed by atoms with Gasteiger partial charge in [0, 0.05) is 26.0 Å². The van der Waals surface area contributed by atoms with Gasteiger partial charge in [-0.05, 0) is 18.8 Å². The van der Waals surface area contributed by atoms with E-state index >= 15 is 0 Å². The third-order valence-corrected chi connectivity index (χ3v) is 3.63. The van der Waals surface area contributed by atoms with Crippen molar-refractivity contribution in [2.45, 2.75) is 32.2 Å². The fraction of sp³-hybridized carbons (Fsp3) is 0.667. The maximum atomic E-state index is 11.4. The number of aliphatic carboxylic acids is 1. The van der Waals surface area contributed by atoms with E-state index in [0.717, 1.165) is 31.8 Å². The van der Waals surface area contributed by atoms with Crippen LogP contribution in [0.25, 0.3) is 0 Å². The Kier molecular flexibility index (Phi) is 3.36. The molecule has 2 unspecified atom stereocenters. The van der Waals surface area contributed by atoms with Crippen molar-refractivity contribution in [2.75, 3.05) is 11.4 Å². The smallest absolute Gasteiger partial charge is 0.326 e. The largest absolute Gasteiger partial charge is 0.480 e. The molecule has 0 bridgehead atoms. The van der Waals surface area contributed by atoms with Crippen LogP contribution in [0.4, 0.5) is 5.95 Å². The third kappa shape index (κ3) is 2.28. The van der Waals surface area contributed by atoms with Crippen LogP contribution >= 0.6 is 0 Å². The SMILES string of the molecule is CCC1CCN(c2nccn2C)C(C(=O)O)C1. The van der Waals surface area contributed by atoms with Crippen molar-refractivity contribution in [3.8, 4) is 0 Å². The fourth-order valence-electron chi connectivity index (χ4n) is 2.52. The molecule has 1 aromatic rings. The van der Waals surface area contributed by atoms with Gasteiger partial charge in [-0.15, -0.1) is 0 Å². The Labute approximate surface area is 101 Å². The van der Waals surface area contributed by atoms with Crippen LogP contribution in [-0.4, -0.2) is 33.2 Å². The summed E-state index contributed by atoms with van der Waals surface area (Å²) in [6.45, 7) is 2.90. The monoisotopic (exact) mass is 237 g/mol. The summed E-state index contributed by atoms with van der Waals surface area (Å²) in [5.41, 5.74) is 0. The highest BCUT2D eigenvalue weighted by Crippen LogP contribution is 2.28. The highest BCUT2D eigenvalue weighted by molar-refractivity contribution is 5.77. The van der Waals surface area contributed by atoms with Crippen molar-refractivity contribution < 1.29 is 9.90 Å². The number of anilines is 1. The number of carboxylic acids is 1. The molecule has 2 rings (SSSR count). The molecule has 0 spiro atoms. The van der Waals surface area contributed by atoms with Crippen molar-refractivity contribution in [2.24, 2.45) is 13.0 Å². The minimum Gasteiger partial charge on any atom is -0.480 e. The van der Waals surface area contributed by atoms with Gasteiger partial charge in [0.25, 0.3) is 0 Å². The van der Waals surface area contributed by atoms with Crippen LogP contribution in [-0.2, 0) is 11.8 Å². The second-order valence-corrected chi connectivity index (χ2v) is 4.68. The Morgan fingerprint density at radius 3 is 2.94 bits per heavy atom. The van der Waals surface area contributed by atoms with Gasteiger partial charge in [-0.2, -0.15) is 0 Å². The molecule has 2 atom stereocenters. The van der Waals surface area contributed by atoms with E-state index < -0.39 is 12.0 Å². The summed E-state index contributed by atoms with van der Waals surface area (Å²) in [7, 11) is 1.90. The Morgan fingerprint density at radius 1 is 1.65 bits per heavy atom. The first-order valence-corrected chi connectivity index (χ1v) is 6.10. The van der Waals surface area contributed by atoms with Gasteiger partial charge in [0.15, 0.2) is 0 Å². The molecule has 0 radical (unpaired) electrons. The summed E-state index contributed by atoms with van der Waals surface area (Å²) in [4.78, 5) is 17.5. The summed E-state index contributed by atoms with van der Waals surface area (Å²) in [6.07, 6.45) is 6.38. The number of aryl methyl sites for hydroxylation is 1. The minimum absolute atomic E-state index is 0.435. The topological polar surface area (TPSA) is 58.4 Å². The Bertz CT molecular complexity index is 402. The molecule has 1 saturated heterocycles. The zero-order chi connectivity index (χ0) is 12.4. The molecule has 0 amide bonds. The number of hydrogen-bond donors (Lipinski definition) is 1. The van der Waals surface area contributed by atoms with Gasteiger partial charge in [-0.3, -0.25) is 0 Å². The molecule has 17 heavy (non-hydrogen) atoms. The number of hydrogen-bond acceptors (Lipinski definition) is 3. The fourth-order valence-corrected chi connectivity index (χ4v) is 2.52.